The van der Waals surface area contributed by atoms with Gasteiger partial charge in [-0.15, -0.1) is 4.98 Å². The lowest BCUT2D eigenvalue weighted by Crippen LogP contribution is -2.49. The number of aromatic nitrogens is 3. The van der Waals surface area contributed by atoms with Gasteiger partial charge in [0.2, 0.25) is 5.95 Å². The van der Waals surface area contributed by atoms with Crippen molar-refractivity contribution in [1.29, 1.82) is 0 Å². The summed E-state index contributed by atoms with van der Waals surface area (Å²) in [6, 6.07) is 0.332. The summed E-state index contributed by atoms with van der Waals surface area (Å²) in [5.41, 5.74) is 0. The Labute approximate surface area is 86.1 Å². The molecule has 1 saturated heterocycles. The van der Waals surface area contributed by atoms with E-state index in [0.717, 1.165) is 0 Å². The SMILES string of the molecule is COc1nc(OC)nc(N2CC(F)C2)n1. The Balaban J connectivity index is 2.22. The number of anilines is 1. The number of ether oxygens (including phenoxy) is 2. The Morgan fingerprint density at radius 1 is 1.13 bits per heavy atom. The molecule has 2 heterocycles. The minimum atomic E-state index is -0.807. The molecule has 7 heteroatoms. The van der Waals surface area contributed by atoms with Crippen LogP contribution in [0, 0.1) is 0 Å². The van der Waals surface area contributed by atoms with Gasteiger partial charge in [-0.1, -0.05) is 0 Å². The summed E-state index contributed by atoms with van der Waals surface area (Å²) in [6.45, 7) is 0.604. The fraction of sp³-hybridized carbons (Fsp3) is 0.625. The zero-order valence-electron chi connectivity index (χ0n) is 8.47. The molecule has 1 aromatic heterocycles. The normalized spacial score (nSPS) is 16.1. The third kappa shape index (κ3) is 1.90. The smallest absolute Gasteiger partial charge is 0.324 e. The van der Waals surface area contributed by atoms with Crippen molar-refractivity contribution < 1.29 is 13.9 Å². The van der Waals surface area contributed by atoms with Crippen LogP contribution in [-0.4, -0.2) is 48.4 Å². The average molecular weight is 214 g/mol. The number of rotatable bonds is 3. The molecule has 0 saturated carbocycles. The summed E-state index contributed by atoms with van der Waals surface area (Å²) < 4.78 is 22.4. The van der Waals surface area contributed by atoms with Crippen LogP contribution in [0.15, 0.2) is 0 Å². The third-order valence-corrected chi connectivity index (χ3v) is 2.07. The van der Waals surface area contributed by atoms with Gasteiger partial charge in [0.1, 0.15) is 6.17 Å². The summed E-state index contributed by atoms with van der Waals surface area (Å²) in [5, 5.41) is 0. The summed E-state index contributed by atoms with van der Waals surface area (Å²) in [7, 11) is 2.90. The van der Waals surface area contributed by atoms with Crippen LogP contribution < -0.4 is 14.4 Å². The molecule has 0 bridgehead atoms. The highest BCUT2D eigenvalue weighted by Gasteiger charge is 2.29. The molecule has 1 aromatic rings. The zero-order chi connectivity index (χ0) is 10.8. The Kier molecular flexibility index (Phi) is 2.53. The minimum Gasteiger partial charge on any atom is -0.467 e. The Hall–Kier alpha value is -1.66. The molecule has 1 aliphatic rings. The lowest BCUT2D eigenvalue weighted by atomic mass is 10.2. The fourth-order valence-electron chi connectivity index (χ4n) is 1.24. The Morgan fingerprint density at radius 3 is 2.07 bits per heavy atom. The number of methoxy groups -OCH3 is 2. The lowest BCUT2D eigenvalue weighted by molar-refractivity contribution is 0.268. The minimum absolute atomic E-state index is 0.166. The first-order valence-electron chi connectivity index (χ1n) is 4.46. The predicted octanol–water partition coefficient (Wildman–Crippen LogP) is 0.0469. The fourth-order valence-corrected chi connectivity index (χ4v) is 1.24. The van der Waals surface area contributed by atoms with Crippen LogP contribution in [-0.2, 0) is 0 Å². The van der Waals surface area contributed by atoms with Crippen LogP contribution in [0.4, 0.5) is 10.3 Å². The van der Waals surface area contributed by atoms with Gasteiger partial charge in [-0.3, -0.25) is 0 Å². The molecule has 0 amide bonds. The van der Waals surface area contributed by atoms with Crippen LogP contribution in [0.1, 0.15) is 0 Å². The van der Waals surface area contributed by atoms with Gasteiger partial charge in [-0.2, -0.15) is 9.97 Å². The van der Waals surface area contributed by atoms with E-state index in [1.165, 1.54) is 14.2 Å². The van der Waals surface area contributed by atoms with Gasteiger partial charge >= 0.3 is 12.0 Å². The number of hydrogen-bond donors (Lipinski definition) is 0. The van der Waals surface area contributed by atoms with Crippen molar-refractivity contribution >= 4 is 5.95 Å². The van der Waals surface area contributed by atoms with Gasteiger partial charge < -0.3 is 14.4 Å². The van der Waals surface area contributed by atoms with E-state index in [9.17, 15) is 4.39 Å². The van der Waals surface area contributed by atoms with Crippen molar-refractivity contribution in [2.75, 3.05) is 32.2 Å². The van der Waals surface area contributed by atoms with E-state index in [4.69, 9.17) is 9.47 Å². The zero-order valence-corrected chi connectivity index (χ0v) is 8.47. The van der Waals surface area contributed by atoms with Gasteiger partial charge in [0.15, 0.2) is 0 Å². The van der Waals surface area contributed by atoms with Crippen molar-refractivity contribution in [3.8, 4) is 12.0 Å². The number of nitrogens with zero attached hydrogens (tertiary/aromatic N) is 4. The second kappa shape index (κ2) is 3.84. The second-order valence-electron chi connectivity index (χ2n) is 3.11. The van der Waals surface area contributed by atoms with Crippen molar-refractivity contribution in [2.24, 2.45) is 0 Å². The van der Waals surface area contributed by atoms with E-state index in [-0.39, 0.29) is 12.0 Å². The maximum atomic E-state index is 12.6. The van der Waals surface area contributed by atoms with Crippen LogP contribution in [0.25, 0.3) is 0 Å². The Bertz CT molecular complexity index is 334. The quantitative estimate of drug-likeness (QED) is 0.708. The summed E-state index contributed by atoms with van der Waals surface area (Å²) >= 11 is 0. The summed E-state index contributed by atoms with van der Waals surface area (Å²) in [5.74, 6) is 0.382. The molecule has 1 aliphatic heterocycles. The highest BCUT2D eigenvalue weighted by Crippen LogP contribution is 2.21. The van der Waals surface area contributed by atoms with Crippen LogP contribution >= 0.6 is 0 Å². The molecule has 0 aromatic carbocycles. The Morgan fingerprint density at radius 2 is 1.67 bits per heavy atom. The molecule has 0 unspecified atom stereocenters. The van der Waals surface area contributed by atoms with E-state index in [2.05, 4.69) is 15.0 Å². The molecule has 0 radical (unpaired) electrons. The first-order chi connectivity index (χ1) is 7.22. The predicted molar refractivity (Wildman–Crippen MR) is 50.0 cm³/mol. The van der Waals surface area contributed by atoms with Crippen molar-refractivity contribution in [2.45, 2.75) is 6.17 Å². The second-order valence-corrected chi connectivity index (χ2v) is 3.11. The average Bonchev–Trinajstić information content (AvgIpc) is 2.24. The molecule has 82 valence electrons. The lowest BCUT2D eigenvalue weighted by Gasteiger charge is -2.34. The van der Waals surface area contributed by atoms with Crippen molar-refractivity contribution in [3.05, 3.63) is 0 Å². The molecular weight excluding hydrogens is 203 g/mol. The van der Waals surface area contributed by atoms with E-state index in [1.807, 2.05) is 0 Å². The molecular formula is C8H11FN4O2. The van der Waals surface area contributed by atoms with Gasteiger partial charge in [0, 0.05) is 0 Å². The van der Waals surface area contributed by atoms with Gasteiger partial charge in [0.05, 0.1) is 27.3 Å². The number of alkyl halides is 1. The standard InChI is InChI=1S/C8H11FN4O2/c1-14-7-10-6(11-8(12-7)15-2)13-3-5(9)4-13/h5H,3-4H2,1-2H3. The van der Waals surface area contributed by atoms with Gasteiger partial charge in [-0.25, -0.2) is 4.39 Å². The molecule has 15 heavy (non-hydrogen) atoms. The molecule has 1 fully saturated rings. The molecule has 0 atom stereocenters. The molecule has 0 spiro atoms. The number of halogens is 1. The highest BCUT2D eigenvalue weighted by atomic mass is 19.1. The number of hydrogen-bond acceptors (Lipinski definition) is 6. The van der Waals surface area contributed by atoms with E-state index in [0.29, 0.717) is 19.0 Å². The van der Waals surface area contributed by atoms with Crippen LogP contribution in [0.5, 0.6) is 12.0 Å². The largest absolute Gasteiger partial charge is 0.467 e. The highest BCUT2D eigenvalue weighted by molar-refractivity contribution is 5.36. The van der Waals surface area contributed by atoms with Gasteiger partial charge in [-0.05, 0) is 0 Å². The molecule has 6 nitrogen and oxygen atoms in total. The van der Waals surface area contributed by atoms with Crippen molar-refractivity contribution in [3.63, 3.8) is 0 Å². The van der Waals surface area contributed by atoms with Crippen LogP contribution in [0.3, 0.4) is 0 Å². The molecule has 2 rings (SSSR count). The maximum Gasteiger partial charge on any atom is 0.324 e. The van der Waals surface area contributed by atoms with E-state index < -0.39 is 6.17 Å². The van der Waals surface area contributed by atoms with Gasteiger partial charge in [0.25, 0.3) is 0 Å². The van der Waals surface area contributed by atoms with E-state index >= 15 is 0 Å². The third-order valence-electron chi connectivity index (χ3n) is 2.07. The monoisotopic (exact) mass is 214 g/mol. The first kappa shape index (κ1) is 9.88. The first-order valence-corrected chi connectivity index (χ1v) is 4.46. The maximum absolute atomic E-state index is 12.6. The van der Waals surface area contributed by atoms with E-state index in [1.54, 1.807) is 4.90 Å². The molecule has 0 aliphatic carbocycles. The van der Waals surface area contributed by atoms with Crippen LogP contribution in [0.2, 0.25) is 0 Å². The summed E-state index contributed by atoms with van der Waals surface area (Å²) in [6.07, 6.45) is -0.807. The van der Waals surface area contributed by atoms with Crippen molar-refractivity contribution in [1.82, 2.24) is 15.0 Å². The topological polar surface area (TPSA) is 60.4 Å². The summed E-state index contributed by atoms with van der Waals surface area (Å²) in [4.78, 5) is 13.5. The molecule has 0 N–H and O–H groups in total.